The van der Waals surface area contributed by atoms with Gasteiger partial charge in [-0.3, -0.25) is 0 Å². The Morgan fingerprint density at radius 3 is 2.23 bits per heavy atom. The van der Waals surface area contributed by atoms with Crippen LogP contribution in [0.4, 0.5) is 4.79 Å². The number of hydrogen-bond acceptors (Lipinski definition) is 3. The molecule has 5 nitrogen and oxygen atoms in total. The second kappa shape index (κ2) is 9.23. The molecule has 1 aliphatic carbocycles. The molecule has 0 radical (unpaired) electrons. The predicted octanol–water partition coefficient (Wildman–Crippen LogP) is 5.26. The van der Waals surface area contributed by atoms with Crippen LogP contribution in [0.25, 0.3) is 11.1 Å². The van der Waals surface area contributed by atoms with E-state index in [1.54, 1.807) is 12.1 Å². The SMILES string of the molecule is O=C(NC(CCc1cccc(Cl)c1)C(=O)O)OCC1c2ccccc2-c2ccccc21. The Morgan fingerprint density at radius 2 is 1.61 bits per heavy atom. The lowest BCUT2D eigenvalue weighted by Crippen LogP contribution is -2.41. The molecular formula is C25H22ClNO4. The number of aliphatic carboxylic acids is 1. The predicted molar refractivity (Wildman–Crippen MR) is 119 cm³/mol. The minimum absolute atomic E-state index is 0.0760. The molecule has 2 N–H and O–H groups in total. The Hall–Kier alpha value is -3.31. The molecule has 1 atom stereocenters. The van der Waals surface area contributed by atoms with Gasteiger partial charge < -0.3 is 15.2 Å². The van der Waals surface area contributed by atoms with Gasteiger partial charge in [0.1, 0.15) is 12.6 Å². The van der Waals surface area contributed by atoms with E-state index in [4.69, 9.17) is 16.3 Å². The van der Waals surface area contributed by atoms with Gasteiger partial charge in [0, 0.05) is 10.9 Å². The van der Waals surface area contributed by atoms with E-state index >= 15 is 0 Å². The van der Waals surface area contributed by atoms with Crippen LogP contribution >= 0.6 is 11.6 Å². The van der Waals surface area contributed by atoms with Gasteiger partial charge in [0.15, 0.2) is 0 Å². The maximum absolute atomic E-state index is 12.4. The Kier molecular flexibility index (Phi) is 6.23. The molecule has 0 bridgehead atoms. The molecule has 0 spiro atoms. The van der Waals surface area contributed by atoms with Gasteiger partial charge in [-0.2, -0.15) is 0 Å². The van der Waals surface area contributed by atoms with Gasteiger partial charge in [0.25, 0.3) is 0 Å². The third kappa shape index (κ3) is 4.72. The summed E-state index contributed by atoms with van der Waals surface area (Å²) in [5.41, 5.74) is 5.39. The molecule has 0 saturated heterocycles. The first-order valence-electron chi connectivity index (χ1n) is 10.1. The first-order chi connectivity index (χ1) is 15.0. The summed E-state index contributed by atoms with van der Waals surface area (Å²) < 4.78 is 5.46. The quantitative estimate of drug-likeness (QED) is 0.530. The van der Waals surface area contributed by atoms with Crippen LogP contribution in [0.1, 0.15) is 29.0 Å². The standard InChI is InChI=1S/C25H22ClNO4/c26-17-7-5-6-16(14-17)12-13-23(24(28)29)27-25(30)31-15-22-20-10-3-1-8-18(20)19-9-2-4-11-21(19)22/h1-11,14,22-23H,12-13,15H2,(H,27,30)(H,28,29). The molecule has 3 aromatic carbocycles. The maximum atomic E-state index is 12.4. The second-order valence-electron chi connectivity index (χ2n) is 7.53. The molecule has 1 amide bonds. The molecule has 0 aromatic heterocycles. The van der Waals surface area contributed by atoms with Crippen LogP contribution < -0.4 is 5.32 Å². The Bertz CT molecular complexity index is 1070. The number of alkyl carbamates (subject to hydrolysis) is 1. The van der Waals surface area contributed by atoms with Crippen LogP contribution in [0.15, 0.2) is 72.8 Å². The lowest BCUT2D eigenvalue weighted by atomic mass is 9.98. The Morgan fingerprint density at radius 1 is 0.968 bits per heavy atom. The number of carboxylic acids is 1. The number of carbonyl (C=O) groups is 2. The van der Waals surface area contributed by atoms with Gasteiger partial charge in [-0.05, 0) is 52.8 Å². The summed E-state index contributed by atoms with van der Waals surface area (Å²) in [5, 5.41) is 12.6. The third-order valence-electron chi connectivity index (χ3n) is 5.54. The number of carboxylic acid groups (broad SMARTS) is 1. The third-order valence-corrected chi connectivity index (χ3v) is 5.78. The van der Waals surface area contributed by atoms with E-state index in [-0.39, 0.29) is 18.9 Å². The van der Waals surface area contributed by atoms with E-state index < -0.39 is 18.1 Å². The van der Waals surface area contributed by atoms with Crippen LogP contribution in [-0.4, -0.2) is 29.8 Å². The average molecular weight is 436 g/mol. The summed E-state index contributed by atoms with van der Waals surface area (Å²) in [6, 6.07) is 22.3. The molecule has 1 aliphatic rings. The Labute approximate surface area is 185 Å². The monoisotopic (exact) mass is 435 g/mol. The summed E-state index contributed by atoms with van der Waals surface area (Å²) >= 11 is 5.98. The number of benzene rings is 3. The maximum Gasteiger partial charge on any atom is 0.407 e. The van der Waals surface area contributed by atoms with Crippen molar-refractivity contribution in [3.05, 3.63) is 94.5 Å². The number of aryl methyl sites for hydroxylation is 1. The van der Waals surface area contributed by atoms with Crippen LogP contribution in [-0.2, 0) is 16.0 Å². The fourth-order valence-corrected chi connectivity index (χ4v) is 4.26. The van der Waals surface area contributed by atoms with Crippen molar-refractivity contribution in [3.63, 3.8) is 0 Å². The minimum Gasteiger partial charge on any atom is -0.480 e. The van der Waals surface area contributed by atoms with E-state index in [9.17, 15) is 14.7 Å². The van der Waals surface area contributed by atoms with Crippen LogP contribution in [0.5, 0.6) is 0 Å². The van der Waals surface area contributed by atoms with Crippen LogP contribution in [0, 0.1) is 0 Å². The lowest BCUT2D eigenvalue weighted by Gasteiger charge is -2.17. The number of nitrogens with one attached hydrogen (secondary N) is 1. The highest BCUT2D eigenvalue weighted by Crippen LogP contribution is 2.44. The molecule has 6 heteroatoms. The van der Waals surface area contributed by atoms with Crippen molar-refractivity contribution < 1.29 is 19.4 Å². The first-order valence-corrected chi connectivity index (χ1v) is 10.5. The van der Waals surface area contributed by atoms with Gasteiger partial charge in [0.05, 0.1) is 0 Å². The molecule has 0 aliphatic heterocycles. The van der Waals surface area contributed by atoms with E-state index in [1.165, 1.54) is 0 Å². The smallest absolute Gasteiger partial charge is 0.407 e. The van der Waals surface area contributed by atoms with Crippen LogP contribution in [0.3, 0.4) is 0 Å². The van der Waals surface area contributed by atoms with Gasteiger partial charge in [-0.1, -0.05) is 72.3 Å². The topological polar surface area (TPSA) is 75.6 Å². The lowest BCUT2D eigenvalue weighted by molar-refractivity contribution is -0.139. The zero-order valence-electron chi connectivity index (χ0n) is 16.8. The fraction of sp³-hybridized carbons (Fsp3) is 0.200. The van der Waals surface area contributed by atoms with E-state index in [0.717, 1.165) is 27.8 Å². The molecular weight excluding hydrogens is 414 g/mol. The molecule has 0 saturated carbocycles. The van der Waals surface area contributed by atoms with Crippen molar-refractivity contribution in [1.82, 2.24) is 5.32 Å². The van der Waals surface area contributed by atoms with Gasteiger partial charge >= 0.3 is 12.1 Å². The molecule has 1 unspecified atom stereocenters. The van der Waals surface area contributed by atoms with E-state index in [2.05, 4.69) is 17.4 Å². The highest BCUT2D eigenvalue weighted by molar-refractivity contribution is 6.30. The summed E-state index contributed by atoms with van der Waals surface area (Å²) in [6.07, 6.45) is -0.0264. The average Bonchev–Trinajstić information content (AvgIpc) is 3.09. The zero-order valence-corrected chi connectivity index (χ0v) is 17.5. The highest BCUT2D eigenvalue weighted by atomic mass is 35.5. The number of halogens is 1. The normalized spacial score (nSPS) is 13.2. The number of fused-ring (bicyclic) bond motifs is 3. The molecule has 3 aromatic rings. The van der Waals surface area contributed by atoms with Crippen molar-refractivity contribution in [1.29, 1.82) is 0 Å². The van der Waals surface area contributed by atoms with Crippen molar-refractivity contribution in [2.75, 3.05) is 6.61 Å². The highest BCUT2D eigenvalue weighted by Gasteiger charge is 2.29. The van der Waals surface area contributed by atoms with E-state index in [0.29, 0.717) is 11.4 Å². The number of rotatable bonds is 7. The number of ether oxygens (including phenoxy) is 1. The van der Waals surface area contributed by atoms with Gasteiger partial charge in [0.2, 0.25) is 0 Å². The largest absolute Gasteiger partial charge is 0.480 e. The fourth-order valence-electron chi connectivity index (χ4n) is 4.04. The summed E-state index contributed by atoms with van der Waals surface area (Å²) in [4.78, 5) is 24.0. The number of carbonyl (C=O) groups excluding carboxylic acids is 1. The second-order valence-corrected chi connectivity index (χ2v) is 7.97. The Balaban J connectivity index is 1.38. The van der Waals surface area contributed by atoms with E-state index in [1.807, 2.05) is 48.5 Å². The summed E-state index contributed by atoms with van der Waals surface area (Å²) in [7, 11) is 0. The van der Waals surface area contributed by atoms with Crippen LogP contribution in [0.2, 0.25) is 5.02 Å². The molecule has 31 heavy (non-hydrogen) atoms. The zero-order chi connectivity index (χ0) is 21.8. The summed E-state index contributed by atoms with van der Waals surface area (Å²) in [6.45, 7) is 0.139. The number of hydrogen-bond donors (Lipinski definition) is 2. The van der Waals surface area contributed by atoms with Crippen molar-refractivity contribution in [2.45, 2.75) is 24.8 Å². The molecule has 158 valence electrons. The van der Waals surface area contributed by atoms with Crippen molar-refractivity contribution in [3.8, 4) is 11.1 Å². The molecule has 0 fully saturated rings. The van der Waals surface area contributed by atoms with Gasteiger partial charge in [-0.15, -0.1) is 0 Å². The van der Waals surface area contributed by atoms with Crippen molar-refractivity contribution in [2.24, 2.45) is 0 Å². The summed E-state index contributed by atoms with van der Waals surface area (Å²) in [5.74, 6) is -1.18. The molecule has 0 heterocycles. The first kappa shape index (κ1) is 20.9. The minimum atomic E-state index is -1.10. The number of amides is 1. The van der Waals surface area contributed by atoms with Crippen molar-refractivity contribution >= 4 is 23.7 Å². The van der Waals surface area contributed by atoms with Gasteiger partial charge in [-0.25, -0.2) is 9.59 Å². The molecule has 4 rings (SSSR count).